The van der Waals surface area contributed by atoms with Gasteiger partial charge in [-0.2, -0.15) is 0 Å². The van der Waals surface area contributed by atoms with Crippen LogP contribution in [0.1, 0.15) is 37.3 Å². The van der Waals surface area contributed by atoms with Gasteiger partial charge in [0, 0.05) is 37.9 Å². The van der Waals surface area contributed by atoms with E-state index < -0.39 is 0 Å². The SMILES string of the molecule is CC(NC(C)c1nccn1C)c1ccncc1. The van der Waals surface area contributed by atoms with E-state index in [2.05, 4.69) is 29.1 Å². The third-order valence-electron chi connectivity index (χ3n) is 2.95. The first-order valence-electron chi connectivity index (χ1n) is 5.81. The van der Waals surface area contributed by atoms with E-state index in [0.717, 1.165) is 5.82 Å². The van der Waals surface area contributed by atoms with Crippen LogP contribution in [0.15, 0.2) is 36.9 Å². The summed E-state index contributed by atoms with van der Waals surface area (Å²) >= 11 is 0. The zero-order valence-corrected chi connectivity index (χ0v) is 10.5. The third-order valence-corrected chi connectivity index (χ3v) is 2.95. The monoisotopic (exact) mass is 230 g/mol. The molecule has 17 heavy (non-hydrogen) atoms. The lowest BCUT2D eigenvalue weighted by Gasteiger charge is -2.20. The molecular weight excluding hydrogens is 212 g/mol. The maximum Gasteiger partial charge on any atom is 0.125 e. The summed E-state index contributed by atoms with van der Waals surface area (Å²) in [4.78, 5) is 8.38. The van der Waals surface area contributed by atoms with Crippen molar-refractivity contribution in [3.05, 3.63) is 48.3 Å². The second-order valence-corrected chi connectivity index (χ2v) is 4.29. The minimum atomic E-state index is 0.221. The van der Waals surface area contributed by atoms with Crippen LogP contribution >= 0.6 is 0 Å². The number of aryl methyl sites for hydroxylation is 1. The highest BCUT2D eigenvalue weighted by molar-refractivity contribution is 5.14. The number of aromatic nitrogens is 3. The zero-order valence-electron chi connectivity index (χ0n) is 10.5. The van der Waals surface area contributed by atoms with Crippen LogP contribution in [0, 0.1) is 0 Å². The van der Waals surface area contributed by atoms with Crippen molar-refractivity contribution >= 4 is 0 Å². The summed E-state index contributed by atoms with van der Waals surface area (Å²) in [5.74, 6) is 1.05. The highest BCUT2D eigenvalue weighted by Gasteiger charge is 2.13. The lowest BCUT2D eigenvalue weighted by Crippen LogP contribution is -2.24. The lowest BCUT2D eigenvalue weighted by molar-refractivity contribution is 0.467. The number of hydrogen-bond acceptors (Lipinski definition) is 3. The van der Waals surface area contributed by atoms with Gasteiger partial charge in [-0.3, -0.25) is 4.98 Å². The molecule has 2 heterocycles. The highest BCUT2D eigenvalue weighted by Crippen LogP contribution is 2.17. The molecule has 0 aliphatic carbocycles. The van der Waals surface area contributed by atoms with Gasteiger partial charge < -0.3 is 9.88 Å². The molecule has 0 aliphatic rings. The molecule has 0 aliphatic heterocycles. The van der Waals surface area contributed by atoms with E-state index in [1.165, 1.54) is 5.56 Å². The summed E-state index contributed by atoms with van der Waals surface area (Å²) in [6.07, 6.45) is 7.42. The van der Waals surface area contributed by atoms with Crippen molar-refractivity contribution in [1.82, 2.24) is 19.9 Å². The van der Waals surface area contributed by atoms with Crippen LogP contribution in [0.3, 0.4) is 0 Å². The standard InChI is InChI=1S/C13H18N4/c1-10(12-4-6-14-7-5-12)16-11(2)13-15-8-9-17(13)3/h4-11,16H,1-3H3. The summed E-state index contributed by atoms with van der Waals surface area (Å²) in [5, 5.41) is 3.53. The fourth-order valence-corrected chi connectivity index (χ4v) is 1.99. The molecule has 90 valence electrons. The molecule has 2 aromatic heterocycles. The van der Waals surface area contributed by atoms with Gasteiger partial charge >= 0.3 is 0 Å². The first-order valence-corrected chi connectivity index (χ1v) is 5.81. The normalized spacial score (nSPS) is 14.5. The van der Waals surface area contributed by atoms with Crippen LogP contribution in [0.5, 0.6) is 0 Å². The van der Waals surface area contributed by atoms with Crippen LogP contribution in [0.25, 0.3) is 0 Å². The Balaban J connectivity index is 2.05. The van der Waals surface area contributed by atoms with Crippen LogP contribution in [0.2, 0.25) is 0 Å². The van der Waals surface area contributed by atoms with Crippen molar-refractivity contribution in [2.24, 2.45) is 7.05 Å². The molecule has 0 fully saturated rings. The summed E-state index contributed by atoms with van der Waals surface area (Å²) < 4.78 is 2.04. The molecule has 0 radical (unpaired) electrons. The quantitative estimate of drug-likeness (QED) is 0.875. The Morgan fingerprint density at radius 1 is 1.12 bits per heavy atom. The number of pyridine rings is 1. The van der Waals surface area contributed by atoms with Gasteiger partial charge in [0.15, 0.2) is 0 Å². The first-order chi connectivity index (χ1) is 8.18. The highest BCUT2D eigenvalue weighted by atomic mass is 15.1. The Labute approximate surface area is 102 Å². The van der Waals surface area contributed by atoms with Gasteiger partial charge in [0.25, 0.3) is 0 Å². The molecule has 0 saturated carbocycles. The molecule has 0 amide bonds. The van der Waals surface area contributed by atoms with Gasteiger partial charge in [-0.25, -0.2) is 4.98 Å². The van der Waals surface area contributed by atoms with Gasteiger partial charge in [-0.1, -0.05) is 0 Å². The van der Waals surface area contributed by atoms with Crippen LogP contribution in [-0.4, -0.2) is 14.5 Å². The average molecular weight is 230 g/mol. The lowest BCUT2D eigenvalue weighted by atomic mass is 10.1. The smallest absolute Gasteiger partial charge is 0.125 e. The number of rotatable bonds is 4. The summed E-state index contributed by atoms with van der Waals surface area (Å²) in [7, 11) is 2.01. The molecule has 0 saturated heterocycles. The van der Waals surface area contributed by atoms with Crippen molar-refractivity contribution in [3.63, 3.8) is 0 Å². The van der Waals surface area contributed by atoms with Crippen LogP contribution < -0.4 is 5.32 Å². The molecule has 4 nitrogen and oxygen atoms in total. The molecule has 2 unspecified atom stereocenters. The minimum Gasteiger partial charge on any atom is -0.337 e. The van der Waals surface area contributed by atoms with Crippen LogP contribution in [-0.2, 0) is 7.05 Å². The van der Waals surface area contributed by atoms with Crippen LogP contribution in [0.4, 0.5) is 0 Å². The van der Waals surface area contributed by atoms with E-state index in [0.29, 0.717) is 0 Å². The number of imidazole rings is 1. The van der Waals surface area contributed by atoms with Gasteiger partial charge in [0.2, 0.25) is 0 Å². The van der Waals surface area contributed by atoms with E-state index in [1.807, 2.05) is 48.5 Å². The van der Waals surface area contributed by atoms with Crippen molar-refractivity contribution in [3.8, 4) is 0 Å². The number of hydrogen-bond donors (Lipinski definition) is 1. The first kappa shape index (κ1) is 11.8. The molecule has 1 N–H and O–H groups in total. The van der Waals surface area contributed by atoms with Gasteiger partial charge in [0.1, 0.15) is 5.82 Å². The maximum atomic E-state index is 4.35. The summed E-state index contributed by atoms with van der Waals surface area (Å²) in [6, 6.07) is 4.56. The Morgan fingerprint density at radius 2 is 1.82 bits per heavy atom. The largest absolute Gasteiger partial charge is 0.337 e. The molecule has 0 spiro atoms. The van der Waals surface area contributed by atoms with E-state index >= 15 is 0 Å². The Bertz CT molecular complexity index is 463. The maximum absolute atomic E-state index is 4.35. The summed E-state index contributed by atoms with van der Waals surface area (Å²) in [6.45, 7) is 4.27. The minimum absolute atomic E-state index is 0.221. The topological polar surface area (TPSA) is 42.7 Å². The van der Waals surface area contributed by atoms with E-state index in [4.69, 9.17) is 0 Å². The van der Waals surface area contributed by atoms with Gasteiger partial charge in [0.05, 0.1) is 6.04 Å². The second-order valence-electron chi connectivity index (χ2n) is 4.29. The molecule has 0 bridgehead atoms. The van der Waals surface area contributed by atoms with Gasteiger partial charge in [-0.05, 0) is 31.5 Å². The molecule has 0 aromatic carbocycles. The fourth-order valence-electron chi connectivity index (χ4n) is 1.99. The van der Waals surface area contributed by atoms with E-state index in [1.54, 1.807) is 0 Å². The fraction of sp³-hybridized carbons (Fsp3) is 0.385. The van der Waals surface area contributed by atoms with Gasteiger partial charge in [-0.15, -0.1) is 0 Å². The van der Waals surface area contributed by atoms with Crippen molar-refractivity contribution < 1.29 is 0 Å². The van der Waals surface area contributed by atoms with E-state index in [9.17, 15) is 0 Å². The predicted octanol–water partition coefficient (Wildman–Crippen LogP) is 2.23. The molecule has 4 heteroatoms. The molecule has 2 rings (SSSR count). The number of nitrogens with zero attached hydrogens (tertiary/aromatic N) is 3. The molecule has 2 aromatic rings. The third kappa shape index (κ3) is 2.71. The molecular formula is C13H18N4. The Kier molecular flexibility index (Phi) is 3.54. The van der Waals surface area contributed by atoms with E-state index in [-0.39, 0.29) is 12.1 Å². The Hall–Kier alpha value is -1.68. The second kappa shape index (κ2) is 5.10. The summed E-state index contributed by atoms with van der Waals surface area (Å²) in [5.41, 5.74) is 1.24. The zero-order chi connectivity index (χ0) is 12.3. The average Bonchev–Trinajstić information content (AvgIpc) is 2.76. The van der Waals surface area contributed by atoms with Crippen molar-refractivity contribution in [1.29, 1.82) is 0 Å². The predicted molar refractivity (Wildman–Crippen MR) is 67.4 cm³/mol. The van der Waals surface area contributed by atoms with Crippen molar-refractivity contribution in [2.45, 2.75) is 25.9 Å². The Morgan fingerprint density at radius 3 is 2.41 bits per heavy atom. The number of nitrogens with one attached hydrogen (secondary N) is 1. The van der Waals surface area contributed by atoms with Crippen molar-refractivity contribution in [2.75, 3.05) is 0 Å². The molecule has 2 atom stereocenters.